The lowest BCUT2D eigenvalue weighted by atomic mass is 10.2. The van der Waals surface area contributed by atoms with Crippen molar-refractivity contribution in [2.24, 2.45) is 0 Å². The molecule has 0 bridgehead atoms. The zero-order chi connectivity index (χ0) is 12.3. The summed E-state index contributed by atoms with van der Waals surface area (Å²) in [4.78, 5) is 10.8. The third-order valence-corrected chi connectivity index (χ3v) is 8.47. The average molecular weight is 248 g/mol. The summed E-state index contributed by atoms with van der Waals surface area (Å²) >= 11 is 1.35. The van der Waals surface area contributed by atoms with Gasteiger partial charge in [-0.15, -0.1) is 0 Å². The Morgan fingerprint density at radius 2 is 1.87 bits per heavy atom. The summed E-state index contributed by atoms with van der Waals surface area (Å²) in [5.74, 6) is 0.766. The van der Waals surface area contributed by atoms with Gasteiger partial charge in [-0.3, -0.25) is 4.79 Å². The van der Waals surface area contributed by atoms with Crippen molar-refractivity contribution in [1.29, 1.82) is 0 Å². The first-order valence-electron chi connectivity index (χ1n) is 5.37. The fraction of sp³-hybridized carbons (Fsp3) is 0.909. The summed E-state index contributed by atoms with van der Waals surface area (Å²) in [5.41, 5.74) is 0. The second-order valence-electron chi connectivity index (χ2n) is 5.49. The highest BCUT2D eigenvalue weighted by molar-refractivity contribution is 8.13. The van der Waals surface area contributed by atoms with Gasteiger partial charge in [0, 0.05) is 12.7 Å². The maximum absolute atomic E-state index is 10.8. The molecule has 0 aliphatic carbocycles. The second kappa shape index (κ2) is 5.50. The molecule has 0 rings (SSSR count). The van der Waals surface area contributed by atoms with Crippen LogP contribution in [0.4, 0.5) is 0 Å². The van der Waals surface area contributed by atoms with Crippen molar-refractivity contribution < 1.29 is 9.22 Å². The van der Waals surface area contributed by atoms with E-state index in [0.717, 1.165) is 5.75 Å². The first kappa shape index (κ1) is 15.2. The normalized spacial score (nSPS) is 15.1. The van der Waals surface area contributed by atoms with Crippen molar-refractivity contribution in [2.45, 2.75) is 58.9 Å². The van der Waals surface area contributed by atoms with E-state index in [1.807, 2.05) is 0 Å². The van der Waals surface area contributed by atoms with Gasteiger partial charge in [0.2, 0.25) is 0 Å². The molecule has 0 N–H and O–H groups in total. The summed E-state index contributed by atoms with van der Waals surface area (Å²) in [5, 5.41) is 0.406. The van der Waals surface area contributed by atoms with Crippen molar-refractivity contribution in [3.63, 3.8) is 0 Å². The molecule has 0 aliphatic rings. The van der Waals surface area contributed by atoms with Gasteiger partial charge in [-0.1, -0.05) is 32.5 Å². The number of rotatable bonds is 4. The summed E-state index contributed by atoms with van der Waals surface area (Å²) in [7, 11) is -1.66. The van der Waals surface area contributed by atoms with Gasteiger partial charge in [0.1, 0.15) is 0 Å². The third-order valence-electron chi connectivity index (χ3n) is 2.82. The Morgan fingerprint density at radius 3 is 2.20 bits per heavy atom. The summed E-state index contributed by atoms with van der Waals surface area (Å²) in [6.07, 6.45) is 0.166. The van der Waals surface area contributed by atoms with Crippen LogP contribution < -0.4 is 0 Å². The van der Waals surface area contributed by atoms with Crippen LogP contribution in [0.5, 0.6) is 0 Å². The number of carbonyl (C=O) groups is 1. The minimum Gasteiger partial charge on any atom is -0.413 e. The molecule has 0 aromatic carbocycles. The van der Waals surface area contributed by atoms with Crippen LogP contribution in [0.15, 0.2) is 0 Å². The van der Waals surface area contributed by atoms with Crippen LogP contribution in [0.3, 0.4) is 0 Å². The molecule has 0 amide bonds. The fourth-order valence-corrected chi connectivity index (χ4v) is 3.05. The van der Waals surface area contributed by atoms with E-state index < -0.39 is 8.32 Å². The van der Waals surface area contributed by atoms with E-state index in [1.54, 1.807) is 6.92 Å². The first-order valence-corrected chi connectivity index (χ1v) is 9.27. The zero-order valence-corrected chi connectivity index (χ0v) is 12.8. The summed E-state index contributed by atoms with van der Waals surface area (Å²) in [6.45, 7) is 14.8. The van der Waals surface area contributed by atoms with Crippen molar-refractivity contribution >= 4 is 25.2 Å². The van der Waals surface area contributed by atoms with Crippen molar-refractivity contribution in [1.82, 2.24) is 0 Å². The minimum absolute atomic E-state index is 0.166. The Bertz CT molecular complexity index is 221. The molecule has 0 radical (unpaired) electrons. The van der Waals surface area contributed by atoms with Crippen LogP contribution in [0.25, 0.3) is 0 Å². The lowest BCUT2D eigenvalue weighted by Crippen LogP contribution is -2.43. The highest BCUT2D eigenvalue weighted by Crippen LogP contribution is 2.37. The van der Waals surface area contributed by atoms with Crippen molar-refractivity contribution in [3.05, 3.63) is 0 Å². The van der Waals surface area contributed by atoms with Gasteiger partial charge >= 0.3 is 0 Å². The van der Waals surface area contributed by atoms with Crippen LogP contribution in [-0.4, -0.2) is 25.3 Å². The van der Waals surface area contributed by atoms with Crippen LogP contribution in [0, 0.1) is 0 Å². The Morgan fingerprint density at radius 1 is 1.40 bits per heavy atom. The van der Waals surface area contributed by atoms with E-state index in [-0.39, 0.29) is 16.3 Å². The molecule has 0 saturated carbocycles. The SMILES string of the molecule is CC(=O)SC[C@@H](C)O[Si](C)(C)C(C)(C)C. The molecule has 0 spiro atoms. The smallest absolute Gasteiger partial charge is 0.192 e. The van der Waals surface area contributed by atoms with Crippen LogP contribution in [-0.2, 0) is 9.22 Å². The lowest BCUT2D eigenvalue weighted by Gasteiger charge is -2.38. The minimum atomic E-state index is -1.66. The Labute approximate surface area is 99.3 Å². The van der Waals surface area contributed by atoms with E-state index in [0.29, 0.717) is 0 Å². The third kappa shape index (κ3) is 5.73. The maximum Gasteiger partial charge on any atom is 0.192 e. The maximum atomic E-state index is 10.8. The largest absolute Gasteiger partial charge is 0.413 e. The zero-order valence-electron chi connectivity index (χ0n) is 11.0. The van der Waals surface area contributed by atoms with Gasteiger partial charge < -0.3 is 4.43 Å². The lowest BCUT2D eigenvalue weighted by molar-refractivity contribution is -0.109. The van der Waals surface area contributed by atoms with Crippen molar-refractivity contribution in [3.8, 4) is 0 Å². The molecule has 0 fully saturated rings. The Balaban J connectivity index is 4.16. The topological polar surface area (TPSA) is 26.3 Å². The van der Waals surface area contributed by atoms with Crippen LogP contribution in [0.2, 0.25) is 18.1 Å². The molecule has 15 heavy (non-hydrogen) atoms. The monoisotopic (exact) mass is 248 g/mol. The number of carbonyl (C=O) groups excluding carboxylic acids is 1. The quantitative estimate of drug-likeness (QED) is 0.710. The number of hydrogen-bond acceptors (Lipinski definition) is 3. The molecule has 0 saturated heterocycles. The van der Waals surface area contributed by atoms with E-state index in [1.165, 1.54) is 11.8 Å². The van der Waals surface area contributed by atoms with Gasteiger partial charge in [-0.05, 0) is 25.1 Å². The molecule has 4 heteroatoms. The number of hydrogen-bond donors (Lipinski definition) is 0. The molecule has 0 heterocycles. The van der Waals surface area contributed by atoms with E-state index in [9.17, 15) is 4.79 Å². The summed E-state index contributed by atoms with van der Waals surface area (Å²) in [6, 6.07) is 0. The van der Waals surface area contributed by atoms with Crippen molar-refractivity contribution in [2.75, 3.05) is 5.75 Å². The molecular formula is C11H24O2SSi. The Hall–Kier alpha value is 0.197. The standard InChI is InChI=1S/C11H24O2SSi/c1-9(8-14-10(2)12)13-15(6,7)11(3,4)5/h9H,8H2,1-7H3/t9-/m1/s1. The molecular weight excluding hydrogens is 224 g/mol. The van der Waals surface area contributed by atoms with Gasteiger partial charge in [0.25, 0.3) is 0 Å². The van der Waals surface area contributed by atoms with Gasteiger partial charge in [0.15, 0.2) is 13.4 Å². The molecule has 90 valence electrons. The van der Waals surface area contributed by atoms with Crippen LogP contribution >= 0.6 is 11.8 Å². The average Bonchev–Trinajstić information content (AvgIpc) is 1.97. The predicted octanol–water partition coefficient (Wildman–Crippen LogP) is 3.68. The molecule has 0 aromatic heterocycles. The molecule has 2 nitrogen and oxygen atoms in total. The van der Waals surface area contributed by atoms with Gasteiger partial charge in [-0.25, -0.2) is 0 Å². The Kier molecular flexibility index (Phi) is 5.58. The second-order valence-corrected chi connectivity index (χ2v) is 11.4. The molecule has 1 atom stereocenters. The van der Waals surface area contributed by atoms with Gasteiger partial charge in [0.05, 0.1) is 6.10 Å². The molecule has 0 unspecified atom stereocenters. The fourth-order valence-electron chi connectivity index (χ4n) is 0.948. The van der Waals surface area contributed by atoms with E-state index in [2.05, 4.69) is 40.8 Å². The predicted molar refractivity (Wildman–Crippen MR) is 70.9 cm³/mol. The molecule has 0 aromatic rings. The van der Waals surface area contributed by atoms with Crippen LogP contribution in [0.1, 0.15) is 34.6 Å². The van der Waals surface area contributed by atoms with Gasteiger partial charge in [-0.2, -0.15) is 0 Å². The van der Waals surface area contributed by atoms with E-state index >= 15 is 0 Å². The summed E-state index contributed by atoms with van der Waals surface area (Å²) < 4.78 is 6.12. The highest BCUT2D eigenvalue weighted by atomic mass is 32.2. The number of thioether (sulfide) groups is 1. The first-order chi connectivity index (χ1) is 6.56. The molecule has 0 aliphatic heterocycles. The van der Waals surface area contributed by atoms with E-state index in [4.69, 9.17) is 4.43 Å². The highest BCUT2D eigenvalue weighted by Gasteiger charge is 2.38.